The van der Waals surface area contributed by atoms with E-state index in [1.165, 1.54) is 32.1 Å². The third-order valence-corrected chi connectivity index (χ3v) is 7.39. The van der Waals surface area contributed by atoms with Gasteiger partial charge >= 0.3 is 0 Å². The van der Waals surface area contributed by atoms with Crippen LogP contribution in [0, 0.1) is 17.8 Å². The summed E-state index contributed by atoms with van der Waals surface area (Å²) in [5, 5.41) is 13.3. The van der Waals surface area contributed by atoms with Gasteiger partial charge in [-0.05, 0) is 62.4 Å². The highest BCUT2D eigenvalue weighted by molar-refractivity contribution is 6.30. The molecule has 1 saturated heterocycles. The van der Waals surface area contributed by atoms with Crippen molar-refractivity contribution in [3.8, 4) is 0 Å². The van der Waals surface area contributed by atoms with E-state index in [0.29, 0.717) is 23.9 Å². The number of ether oxygens (including phenoxy) is 1. The van der Waals surface area contributed by atoms with Crippen molar-refractivity contribution in [2.24, 2.45) is 17.8 Å². The molecule has 0 unspecified atom stereocenters. The van der Waals surface area contributed by atoms with Crippen molar-refractivity contribution in [2.75, 3.05) is 39.9 Å². The van der Waals surface area contributed by atoms with Crippen LogP contribution >= 0.6 is 11.6 Å². The third-order valence-electron chi connectivity index (χ3n) is 7.15. The average molecular weight is 465 g/mol. The molecule has 1 aromatic rings. The topological polar surface area (TPSA) is 61.8 Å². The molecule has 0 radical (unpaired) electrons. The van der Waals surface area contributed by atoms with E-state index < -0.39 is 0 Å². The molecule has 3 rings (SSSR count). The van der Waals surface area contributed by atoms with Crippen molar-refractivity contribution in [1.29, 1.82) is 0 Å². The van der Waals surface area contributed by atoms with Crippen molar-refractivity contribution < 1.29 is 14.6 Å². The van der Waals surface area contributed by atoms with Gasteiger partial charge in [0.05, 0.1) is 19.3 Å². The van der Waals surface area contributed by atoms with Crippen molar-refractivity contribution >= 4 is 17.5 Å². The summed E-state index contributed by atoms with van der Waals surface area (Å²) < 4.78 is 6.06. The predicted octanol–water partition coefficient (Wildman–Crippen LogP) is 4.82. The Morgan fingerprint density at radius 2 is 2.06 bits per heavy atom. The number of amides is 1. The smallest absolute Gasteiger partial charge is 0.222 e. The molecular weight excluding hydrogens is 424 g/mol. The first kappa shape index (κ1) is 25.5. The normalized spacial score (nSPS) is 22.0. The zero-order chi connectivity index (χ0) is 22.8. The maximum Gasteiger partial charge on any atom is 0.222 e. The molecule has 5 nitrogen and oxygen atoms in total. The fourth-order valence-electron chi connectivity index (χ4n) is 5.65. The number of carbonyl (C=O) groups excluding carboxylic acids is 1. The second kappa shape index (κ2) is 13.5. The molecule has 1 saturated carbocycles. The molecule has 3 atom stereocenters. The van der Waals surface area contributed by atoms with E-state index in [1.54, 1.807) is 0 Å². The molecule has 2 N–H and O–H groups in total. The standard InChI is InChI=1S/C26H41ClN2O3/c1-28-18-21(15-20-7-3-2-4-8-20)16-25(31)29-12-6-10-23(19-29)26(32-14-13-30)22-9-5-11-24(27)17-22/h5,9,11,17,20-21,23,26,28,30H,2-4,6-8,10,12-16,18-19H2,1H3/t21-,23-,26+/m1/s1. The number of likely N-dealkylation sites (tertiary alicyclic amines) is 1. The maximum atomic E-state index is 13.3. The summed E-state index contributed by atoms with van der Waals surface area (Å²) in [6, 6.07) is 7.77. The maximum absolute atomic E-state index is 13.3. The molecule has 1 heterocycles. The lowest BCUT2D eigenvalue weighted by Crippen LogP contribution is -2.43. The highest BCUT2D eigenvalue weighted by atomic mass is 35.5. The van der Waals surface area contributed by atoms with E-state index in [1.807, 2.05) is 31.3 Å². The third kappa shape index (κ3) is 7.72. The van der Waals surface area contributed by atoms with E-state index in [4.69, 9.17) is 16.3 Å². The van der Waals surface area contributed by atoms with E-state index in [0.717, 1.165) is 43.8 Å². The van der Waals surface area contributed by atoms with Crippen LogP contribution in [0.1, 0.15) is 69.5 Å². The van der Waals surface area contributed by atoms with Crippen molar-refractivity contribution in [3.05, 3.63) is 34.9 Å². The first-order chi connectivity index (χ1) is 15.6. The van der Waals surface area contributed by atoms with Gasteiger partial charge in [-0.1, -0.05) is 55.8 Å². The first-order valence-corrected chi connectivity index (χ1v) is 12.9. The van der Waals surface area contributed by atoms with E-state index in [-0.39, 0.29) is 31.1 Å². The van der Waals surface area contributed by atoms with Gasteiger partial charge in [-0.15, -0.1) is 0 Å². The predicted molar refractivity (Wildman–Crippen MR) is 130 cm³/mol. The number of carbonyl (C=O) groups is 1. The van der Waals surface area contributed by atoms with Gasteiger partial charge in [0.15, 0.2) is 0 Å². The Kier molecular flexibility index (Phi) is 10.8. The zero-order valence-corrected chi connectivity index (χ0v) is 20.4. The fourth-order valence-corrected chi connectivity index (χ4v) is 5.85. The summed E-state index contributed by atoms with van der Waals surface area (Å²) in [6.07, 6.45) is 10.3. The van der Waals surface area contributed by atoms with Crippen molar-refractivity contribution in [2.45, 2.75) is 63.9 Å². The first-order valence-electron chi connectivity index (χ1n) is 12.5. The Morgan fingerprint density at radius 3 is 2.78 bits per heavy atom. The number of nitrogens with zero attached hydrogens (tertiary/aromatic N) is 1. The number of benzene rings is 1. The molecule has 1 amide bonds. The minimum Gasteiger partial charge on any atom is -0.394 e. The van der Waals surface area contributed by atoms with Gasteiger partial charge in [-0.25, -0.2) is 0 Å². The minimum atomic E-state index is -0.160. The molecule has 6 heteroatoms. The highest BCUT2D eigenvalue weighted by Gasteiger charge is 2.32. The summed E-state index contributed by atoms with van der Waals surface area (Å²) >= 11 is 6.23. The lowest BCUT2D eigenvalue weighted by atomic mass is 9.81. The van der Waals surface area contributed by atoms with Gasteiger partial charge in [0.2, 0.25) is 5.91 Å². The molecule has 2 aliphatic rings. The van der Waals surface area contributed by atoms with E-state index in [9.17, 15) is 9.90 Å². The minimum absolute atomic E-state index is 0.0146. The van der Waals surface area contributed by atoms with Crippen LogP contribution in [0.25, 0.3) is 0 Å². The molecule has 32 heavy (non-hydrogen) atoms. The number of rotatable bonds is 11. The van der Waals surface area contributed by atoms with Gasteiger partial charge in [0.25, 0.3) is 0 Å². The molecule has 1 aliphatic carbocycles. The van der Waals surface area contributed by atoms with Crippen LogP contribution in [0.15, 0.2) is 24.3 Å². The van der Waals surface area contributed by atoms with Crippen LogP contribution in [0.5, 0.6) is 0 Å². The van der Waals surface area contributed by atoms with Crippen LogP contribution in [0.3, 0.4) is 0 Å². The van der Waals surface area contributed by atoms with Gasteiger partial charge in [0, 0.05) is 30.5 Å². The quantitative estimate of drug-likeness (QED) is 0.492. The summed E-state index contributed by atoms with van der Waals surface area (Å²) in [7, 11) is 1.99. The lowest BCUT2D eigenvalue weighted by Gasteiger charge is -2.38. The number of aliphatic hydroxyl groups excluding tert-OH is 1. The Morgan fingerprint density at radius 1 is 1.25 bits per heavy atom. The molecular formula is C26H41ClN2O3. The van der Waals surface area contributed by atoms with Crippen LogP contribution in [0.4, 0.5) is 0 Å². The number of aliphatic hydroxyl groups is 1. The SMILES string of the molecule is CNC[C@@H](CC(=O)N1CCC[C@@H]([C@@H](OCCO)c2cccc(Cl)c2)C1)CC1CCCCC1. The molecule has 1 aliphatic heterocycles. The Balaban J connectivity index is 1.62. The van der Waals surface area contributed by atoms with Crippen LogP contribution in [-0.2, 0) is 9.53 Å². The second-order valence-electron chi connectivity index (χ2n) is 9.68. The zero-order valence-electron chi connectivity index (χ0n) is 19.6. The summed E-state index contributed by atoms with van der Waals surface area (Å²) in [5.74, 6) is 1.67. The summed E-state index contributed by atoms with van der Waals surface area (Å²) in [5.41, 5.74) is 1.02. The fraction of sp³-hybridized carbons (Fsp3) is 0.731. The van der Waals surface area contributed by atoms with Crippen LogP contribution in [0.2, 0.25) is 5.02 Å². The average Bonchev–Trinajstić information content (AvgIpc) is 2.80. The van der Waals surface area contributed by atoms with Crippen molar-refractivity contribution in [3.63, 3.8) is 0 Å². The van der Waals surface area contributed by atoms with Crippen LogP contribution < -0.4 is 5.32 Å². The molecule has 0 spiro atoms. The number of hydrogen-bond donors (Lipinski definition) is 2. The summed E-state index contributed by atoms with van der Waals surface area (Å²) in [4.78, 5) is 15.3. The number of nitrogens with one attached hydrogen (secondary N) is 1. The number of hydrogen-bond acceptors (Lipinski definition) is 4. The van der Waals surface area contributed by atoms with Crippen LogP contribution in [-0.4, -0.2) is 55.8 Å². The largest absolute Gasteiger partial charge is 0.394 e. The summed E-state index contributed by atoms with van der Waals surface area (Å²) in [6.45, 7) is 2.71. The Bertz CT molecular complexity index is 695. The molecule has 0 aromatic heterocycles. The number of halogens is 1. The molecule has 2 fully saturated rings. The van der Waals surface area contributed by atoms with Gasteiger partial charge in [0.1, 0.15) is 0 Å². The lowest BCUT2D eigenvalue weighted by molar-refractivity contribution is -0.135. The Labute approximate surface area is 198 Å². The molecule has 180 valence electrons. The molecule has 0 bridgehead atoms. The van der Waals surface area contributed by atoms with Crippen molar-refractivity contribution in [1.82, 2.24) is 10.2 Å². The van der Waals surface area contributed by atoms with E-state index >= 15 is 0 Å². The van der Waals surface area contributed by atoms with Gasteiger partial charge in [-0.3, -0.25) is 4.79 Å². The van der Waals surface area contributed by atoms with Gasteiger partial charge in [-0.2, -0.15) is 0 Å². The molecule has 1 aromatic carbocycles. The Hall–Kier alpha value is -1.14. The number of piperidine rings is 1. The van der Waals surface area contributed by atoms with Gasteiger partial charge < -0.3 is 20.1 Å². The van der Waals surface area contributed by atoms with E-state index in [2.05, 4.69) is 10.2 Å². The second-order valence-corrected chi connectivity index (χ2v) is 10.1. The monoisotopic (exact) mass is 464 g/mol. The highest BCUT2D eigenvalue weighted by Crippen LogP contribution is 2.35.